The number of aliphatic hydroxyl groups is 1. The first-order valence-electron chi connectivity index (χ1n) is 7.19. The van der Waals surface area contributed by atoms with Crippen LogP contribution in [0.3, 0.4) is 0 Å². The van der Waals surface area contributed by atoms with Gasteiger partial charge >= 0.3 is 12.1 Å². The lowest BCUT2D eigenvalue weighted by Gasteiger charge is -2.19. The van der Waals surface area contributed by atoms with Gasteiger partial charge in [0.25, 0.3) is 0 Å². The molecule has 0 aliphatic carbocycles. The molecular formula is C15H25N3O6. The molecule has 0 saturated heterocycles. The summed E-state index contributed by atoms with van der Waals surface area (Å²) in [6.45, 7) is 5.36. The number of ether oxygens (including phenoxy) is 1. The normalized spacial score (nSPS) is 10.2. The van der Waals surface area contributed by atoms with Gasteiger partial charge in [0.05, 0.1) is 5.69 Å². The van der Waals surface area contributed by atoms with Crippen LogP contribution in [0.5, 0.6) is 0 Å². The molecule has 0 unspecified atom stereocenters. The molecule has 0 saturated carbocycles. The predicted octanol–water partition coefficient (Wildman–Crippen LogP) is 1.19. The molecule has 24 heavy (non-hydrogen) atoms. The van der Waals surface area contributed by atoms with Gasteiger partial charge in [0, 0.05) is 33.3 Å². The Balaban J connectivity index is 0.00000254. The maximum absolute atomic E-state index is 11.7. The smallest absolute Gasteiger partial charge is 0.407 e. The summed E-state index contributed by atoms with van der Waals surface area (Å²) < 4.78 is 6.43. The van der Waals surface area contributed by atoms with Crippen LogP contribution in [-0.2, 0) is 16.6 Å². The van der Waals surface area contributed by atoms with Crippen molar-refractivity contribution in [3.05, 3.63) is 18.0 Å². The lowest BCUT2D eigenvalue weighted by molar-refractivity contribution is -0.116. The van der Waals surface area contributed by atoms with Crippen LogP contribution in [0.25, 0.3) is 0 Å². The number of carbonyl (C=O) groups is 3. The summed E-state index contributed by atoms with van der Waals surface area (Å²) in [6, 6.07) is 1.36. The molecule has 136 valence electrons. The van der Waals surface area contributed by atoms with Gasteiger partial charge in [0.1, 0.15) is 11.3 Å². The highest BCUT2D eigenvalue weighted by Crippen LogP contribution is 2.13. The lowest BCUT2D eigenvalue weighted by Crippen LogP contribution is -2.34. The number of hydrogen-bond donors (Lipinski definition) is 4. The van der Waals surface area contributed by atoms with Crippen molar-refractivity contribution < 1.29 is 29.3 Å². The number of carboxylic acid groups (broad SMARTS) is 1. The van der Waals surface area contributed by atoms with E-state index in [1.165, 1.54) is 16.8 Å². The van der Waals surface area contributed by atoms with E-state index in [2.05, 4.69) is 10.6 Å². The Labute approximate surface area is 140 Å². The fraction of sp³-hybridized carbons (Fsp3) is 0.533. The van der Waals surface area contributed by atoms with Gasteiger partial charge in [0.2, 0.25) is 5.91 Å². The van der Waals surface area contributed by atoms with E-state index in [1.807, 2.05) is 0 Å². The summed E-state index contributed by atoms with van der Waals surface area (Å²) in [6.07, 6.45) is 0.965. The van der Waals surface area contributed by atoms with Crippen molar-refractivity contribution in [2.24, 2.45) is 7.05 Å². The Hall–Kier alpha value is -2.55. The molecule has 1 heterocycles. The monoisotopic (exact) mass is 343 g/mol. The summed E-state index contributed by atoms with van der Waals surface area (Å²) in [5, 5.41) is 20.9. The second-order valence-electron chi connectivity index (χ2n) is 5.76. The van der Waals surface area contributed by atoms with Gasteiger partial charge in [-0.2, -0.15) is 0 Å². The molecule has 0 aliphatic rings. The number of aryl methyl sites for hydroxylation is 1. The highest BCUT2D eigenvalue weighted by molar-refractivity contribution is 5.93. The van der Waals surface area contributed by atoms with Crippen LogP contribution in [-0.4, -0.2) is 52.0 Å². The minimum atomic E-state index is -1.07. The molecule has 0 fully saturated rings. The topological polar surface area (TPSA) is 130 Å². The number of alkyl carbamates (subject to hydrolysis) is 1. The minimum Gasteiger partial charge on any atom is -0.477 e. The first kappa shape index (κ1) is 21.4. The van der Waals surface area contributed by atoms with E-state index in [1.54, 1.807) is 27.8 Å². The fourth-order valence-electron chi connectivity index (χ4n) is 1.66. The summed E-state index contributed by atoms with van der Waals surface area (Å²) >= 11 is 0. The molecule has 1 rings (SSSR count). The molecule has 9 heteroatoms. The third-order valence-electron chi connectivity index (χ3n) is 2.53. The highest BCUT2D eigenvalue weighted by atomic mass is 16.6. The maximum Gasteiger partial charge on any atom is 0.407 e. The van der Waals surface area contributed by atoms with Crippen LogP contribution < -0.4 is 10.6 Å². The van der Waals surface area contributed by atoms with Gasteiger partial charge in [-0.1, -0.05) is 0 Å². The van der Waals surface area contributed by atoms with E-state index >= 15 is 0 Å². The van der Waals surface area contributed by atoms with Crippen LogP contribution >= 0.6 is 0 Å². The Morgan fingerprint density at radius 2 is 1.83 bits per heavy atom. The lowest BCUT2D eigenvalue weighted by atomic mass is 10.2. The average molecular weight is 343 g/mol. The van der Waals surface area contributed by atoms with E-state index in [-0.39, 0.29) is 24.6 Å². The fourth-order valence-corrected chi connectivity index (χ4v) is 1.66. The zero-order valence-electron chi connectivity index (χ0n) is 14.5. The third kappa shape index (κ3) is 8.18. The molecule has 1 aromatic rings. The molecule has 2 amide bonds. The van der Waals surface area contributed by atoms with Crippen molar-refractivity contribution in [1.82, 2.24) is 9.88 Å². The highest BCUT2D eigenvalue weighted by Gasteiger charge is 2.16. The van der Waals surface area contributed by atoms with E-state index in [0.717, 1.165) is 7.11 Å². The van der Waals surface area contributed by atoms with Gasteiger partial charge in [-0.25, -0.2) is 9.59 Å². The molecule has 4 N–H and O–H groups in total. The second-order valence-corrected chi connectivity index (χ2v) is 5.76. The van der Waals surface area contributed by atoms with E-state index in [0.29, 0.717) is 5.69 Å². The third-order valence-corrected chi connectivity index (χ3v) is 2.53. The Bertz CT molecular complexity index is 574. The Kier molecular flexibility index (Phi) is 8.54. The summed E-state index contributed by atoms with van der Waals surface area (Å²) in [5.41, 5.74) is -0.131. The van der Waals surface area contributed by atoms with Crippen LogP contribution in [0.4, 0.5) is 10.5 Å². The molecule has 0 spiro atoms. The zero-order valence-corrected chi connectivity index (χ0v) is 14.5. The van der Waals surface area contributed by atoms with Gasteiger partial charge in [-0.05, 0) is 26.8 Å². The number of nitrogens with zero attached hydrogens (tertiary/aromatic N) is 1. The zero-order chi connectivity index (χ0) is 18.9. The van der Waals surface area contributed by atoms with Crippen molar-refractivity contribution in [3.63, 3.8) is 0 Å². The van der Waals surface area contributed by atoms with E-state index in [4.69, 9.17) is 14.9 Å². The average Bonchev–Trinajstić information content (AvgIpc) is 2.79. The van der Waals surface area contributed by atoms with Gasteiger partial charge in [0.15, 0.2) is 0 Å². The molecule has 0 aliphatic heterocycles. The SMILES string of the molecule is CO.Cn1cc(NC(=O)CCNC(=O)OC(C)(C)C)cc1C(=O)O. The molecule has 0 aromatic carbocycles. The largest absolute Gasteiger partial charge is 0.477 e. The molecular weight excluding hydrogens is 318 g/mol. The summed E-state index contributed by atoms with van der Waals surface area (Å²) in [4.78, 5) is 34.0. The Morgan fingerprint density at radius 1 is 1.25 bits per heavy atom. The van der Waals surface area contributed by atoms with Crippen molar-refractivity contribution in [2.75, 3.05) is 19.0 Å². The van der Waals surface area contributed by atoms with Crippen molar-refractivity contribution >= 4 is 23.7 Å². The van der Waals surface area contributed by atoms with Crippen molar-refractivity contribution in [2.45, 2.75) is 32.8 Å². The number of aliphatic hydroxyl groups excluding tert-OH is 1. The minimum absolute atomic E-state index is 0.0521. The van der Waals surface area contributed by atoms with Gasteiger partial charge in [-0.3, -0.25) is 4.79 Å². The molecule has 0 bridgehead atoms. The van der Waals surface area contributed by atoms with Crippen molar-refractivity contribution in [1.29, 1.82) is 0 Å². The number of carboxylic acids is 1. The predicted molar refractivity (Wildman–Crippen MR) is 88.0 cm³/mol. The number of nitrogens with one attached hydrogen (secondary N) is 2. The molecule has 1 aromatic heterocycles. The first-order chi connectivity index (χ1) is 11.1. The number of rotatable bonds is 5. The molecule has 9 nitrogen and oxygen atoms in total. The first-order valence-corrected chi connectivity index (χ1v) is 7.19. The van der Waals surface area contributed by atoms with Crippen LogP contribution in [0.2, 0.25) is 0 Å². The van der Waals surface area contributed by atoms with E-state index in [9.17, 15) is 14.4 Å². The van der Waals surface area contributed by atoms with Gasteiger partial charge in [-0.15, -0.1) is 0 Å². The Morgan fingerprint density at radius 3 is 2.29 bits per heavy atom. The number of aromatic carboxylic acids is 1. The standard InChI is InChI=1S/C14H21N3O5.CH4O/c1-14(2,3)22-13(21)15-6-5-11(18)16-9-7-10(12(19)20)17(4)8-9;1-2/h7-8H,5-6H2,1-4H3,(H,15,21)(H,16,18)(H,19,20);2H,1H3. The van der Waals surface area contributed by atoms with Gasteiger partial charge < -0.3 is 30.2 Å². The quantitative estimate of drug-likeness (QED) is 0.635. The van der Waals surface area contributed by atoms with Crippen LogP contribution in [0, 0.1) is 0 Å². The number of anilines is 1. The van der Waals surface area contributed by atoms with Crippen LogP contribution in [0.15, 0.2) is 12.3 Å². The van der Waals surface area contributed by atoms with Crippen LogP contribution in [0.1, 0.15) is 37.7 Å². The second kappa shape index (κ2) is 9.56. The van der Waals surface area contributed by atoms with E-state index < -0.39 is 17.7 Å². The number of amides is 2. The molecule has 0 radical (unpaired) electrons. The number of hydrogen-bond acceptors (Lipinski definition) is 5. The summed E-state index contributed by atoms with van der Waals surface area (Å²) in [5.74, 6) is -1.41. The maximum atomic E-state index is 11.7. The number of aromatic nitrogens is 1. The van der Waals surface area contributed by atoms with Crippen molar-refractivity contribution in [3.8, 4) is 0 Å². The summed E-state index contributed by atoms with van der Waals surface area (Å²) in [7, 11) is 2.57. The number of carbonyl (C=O) groups excluding carboxylic acids is 2. The molecule has 0 atom stereocenters.